The van der Waals surface area contributed by atoms with Gasteiger partial charge in [-0.3, -0.25) is 0 Å². The molecule has 0 bridgehead atoms. The molecule has 8 heteroatoms. The Bertz CT molecular complexity index is 1120. The largest absolute Gasteiger partial charge is 0.495 e. The number of amides is 2. The molecule has 2 aliphatic carbocycles. The lowest BCUT2D eigenvalue weighted by molar-refractivity contribution is 0.260. The fourth-order valence-corrected chi connectivity index (χ4v) is 5.77. The number of carbonyl (C=O) groups excluding carboxylic acids is 1. The zero-order valence-corrected chi connectivity index (χ0v) is 19.2. The maximum absolute atomic E-state index is 13.2. The summed E-state index contributed by atoms with van der Waals surface area (Å²) >= 11 is 0. The van der Waals surface area contributed by atoms with Crippen LogP contribution in [0.1, 0.15) is 40.7 Å². The van der Waals surface area contributed by atoms with Crippen LogP contribution in [0, 0.1) is 0 Å². The number of urea groups is 1. The molecule has 0 fully saturated rings. The van der Waals surface area contributed by atoms with Gasteiger partial charge in [-0.05, 0) is 92.6 Å². The van der Waals surface area contributed by atoms with E-state index in [1.807, 2.05) is 25.1 Å². The standard InChI is InChI=1S/C23H30N4O3S/c1-27(2)14-15-10-11-21(20(12-15)30-3)31(24,29)26-23(28)25-22-18-8-4-6-16(18)13-17-7-5-9-19(17)22/h10-13H,4-9,14H2,1-3H3,(H3,24,25,26,28,29)/t31-/m0/s1. The number of carbonyl (C=O) groups is 1. The highest BCUT2D eigenvalue weighted by Gasteiger charge is 2.25. The third-order valence-electron chi connectivity index (χ3n) is 5.97. The molecule has 2 aromatic carbocycles. The molecule has 0 aromatic heterocycles. The van der Waals surface area contributed by atoms with Crippen LogP contribution in [0.3, 0.4) is 0 Å². The van der Waals surface area contributed by atoms with Gasteiger partial charge in [-0.25, -0.2) is 14.1 Å². The van der Waals surface area contributed by atoms with E-state index >= 15 is 0 Å². The average Bonchev–Trinajstić information content (AvgIpc) is 3.35. The molecule has 0 heterocycles. The molecule has 31 heavy (non-hydrogen) atoms. The van der Waals surface area contributed by atoms with Crippen LogP contribution in [0.15, 0.2) is 33.5 Å². The molecular weight excluding hydrogens is 412 g/mol. The molecule has 2 amide bonds. The van der Waals surface area contributed by atoms with Crippen LogP contribution in [0.2, 0.25) is 0 Å². The summed E-state index contributed by atoms with van der Waals surface area (Å²) in [7, 11) is 1.94. The number of ether oxygens (including phenoxy) is 1. The lowest BCUT2D eigenvalue weighted by atomic mass is 9.99. The van der Waals surface area contributed by atoms with Crippen molar-refractivity contribution in [2.45, 2.75) is 50.0 Å². The minimum atomic E-state index is -3.47. The average molecular weight is 443 g/mol. The van der Waals surface area contributed by atoms with Gasteiger partial charge in [-0.1, -0.05) is 12.1 Å². The first kappa shape index (κ1) is 21.8. The number of nitrogens with one attached hydrogen (secondary N) is 1. The van der Waals surface area contributed by atoms with Crippen LogP contribution in [0.5, 0.6) is 5.75 Å². The number of nitrogens with zero attached hydrogens (tertiary/aromatic N) is 2. The molecule has 0 aliphatic heterocycles. The Labute approximate surface area is 184 Å². The maximum Gasteiger partial charge on any atom is 0.354 e. The van der Waals surface area contributed by atoms with Crippen molar-refractivity contribution < 1.29 is 13.7 Å². The maximum atomic E-state index is 13.2. The fourth-order valence-electron chi connectivity index (χ4n) is 4.69. The van der Waals surface area contributed by atoms with E-state index in [4.69, 9.17) is 9.88 Å². The van der Waals surface area contributed by atoms with Crippen LogP contribution in [-0.4, -0.2) is 36.3 Å². The van der Waals surface area contributed by atoms with Crippen LogP contribution in [0.25, 0.3) is 0 Å². The Morgan fingerprint density at radius 2 is 1.77 bits per heavy atom. The minimum Gasteiger partial charge on any atom is -0.495 e. The molecule has 0 unspecified atom stereocenters. The molecule has 0 saturated carbocycles. The van der Waals surface area contributed by atoms with Gasteiger partial charge in [0.05, 0.1) is 7.11 Å². The first-order valence-corrected chi connectivity index (χ1v) is 12.2. The Morgan fingerprint density at radius 3 is 2.35 bits per heavy atom. The first-order valence-electron chi connectivity index (χ1n) is 10.6. The summed E-state index contributed by atoms with van der Waals surface area (Å²) in [5, 5.41) is 8.99. The summed E-state index contributed by atoms with van der Waals surface area (Å²) in [5.74, 6) is 0.366. The molecule has 0 saturated heterocycles. The molecule has 0 spiro atoms. The number of methoxy groups -OCH3 is 1. The Balaban J connectivity index is 1.65. The SMILES string of the molecule is COc1cc(CN(C)C)ccc1[S@@](N)(=O)=NC(=O)Nc1c2c(cc3c1CCC3)CCC2. The van der Waals surface area contributed by atoms with E-state index in [1.54, 1.807) is 12.1 Å². The minimum absolute atomic E-state index is 0.219. The van der Waals surface area contributed by atoms with Crippen molar-refractivity contribution in [2.24, 2.45) is 9.50 Å². The van der Waals surface area contributed by atoms with E-state index in [2.05, 4.69) is 15.7 Å². The molecule has 166 valence electrons. The molecule has 2 aromatic rings. The van der Waals surface area contributed by atoms with Gasteiger partial charge >= 0.3 is 6.03 Å². The van der Waals surface area contributed by atoms with E-state index in [9.17, 15) is 9.00 Å². The van der Waals surface area contributed by atoms with Crippen LogP contribution < -0.4 is 15.2 Å². The summed E-state index contributed by atoms with van der Waals surface area (Å²) in [6.07, 6.45) is 6.12. The van der Waals surface area contributed by atoms with Crippen molar-refractivity contribution in [1.29, 1.82) is 0 Å². The molecule has 4 rings (SSSR count). The van der Waals surface area contributed by atoms with E-state index in [0.29, 0.717) is 12.3 Å². The van der Waals surface area contributed by atoms with Gasteiger partial charge in [0, 0.05) is 12.2 Å². The molecule has 7 nitrogen and oxygen atoms in total. The van der Waals surface area contributed by atoms with Gasteiger partial charge in [-0.15, -0.1) is 4.36 Å². The number of fused-ring (bicyclic) bond motifs is 2. The van der Waals surface area contributed by atoms with Crippen molar-refractivity contribution in [2.75, 3.05) is 26.5 Å². The highest BCUT2D eigenvalue weighted by Crippen LogP contribution is 2.38. The predicted molar refractivity (Wildman–Crippen MR) is 123 cm³/mol. The number of rotatable bonds is 5. The summed E-state index contributed by atoms with van der Waals surface area (Å²) in [4.78, 5) is 15.1. The summed E-state index contributed by atoms with van der Waals surface area (Å²) < 4.78 is 22.5. The lowest BCUT2D eigenvalue weighted by Crippen LogP contribution is -2.20. The zero-order chi connectivity index (χ0) is 22.2. The second kappa shape index (κ2) is 8.61. The highest BCUT2D eigenvalue weighted by atomic mass is 32.2. The number of hydrogen-bond donors (Lipinski definition) is 2. The Hall–Kier alpha value is -2.42. The normalized spacial score (nSPS) is 16.5. The monoisotopic (exact) mass is 442 g/mol. The number of benzene rings is 2. The third-order valence-corrected chi connectivity index (χ3v) is 7.37. The summed E-state index contributed by atoms with van der Waals surface area (Å²) in [5.41, 5.74) is 6.85. The van der Waals surface area contributed by atoms with Gasteiger partial charge in [0.15, 0.2) is 0 Å². The predicted octanol–water partition coefficient (Wildman–Crippen LogP) is 3.67. The Morgan fingerprint density at radius 1 is 1.13 bits per heavy atom. The summed E-state index contributed by atoms with van der Waals surface area (Å²) in [6.45, 7) is 0.699. The topological polar surface area (TPSA) is 97.0 Å². The van der Waals surface area contributed by atoms with Crippen molar-refractivity contribution in [1.82, 2.24) is 4.90 Å². The highest BCUT2D eigenvalue weighted by molar-refractivity contribution is 7.91. The fraction of sp³-hybridized carbons (Fsp3) is 0.435. The number of nitrogens with two attached hydrogens (primary N) is 1. The van der Waals surface area contributed by atoms with Gasteiger partial charge in [0.2, 0.25) is 0 Å². The van der Waals surface area contributed by atoms with E-state index in [1.165, 1.54) is 29.4 Å². The second-order valence-corrected chi connectivity index (χ2v) is 10.3. The second-order valence-electron chi connectivity index (χ2n) is 8.55. The van der Waals surface area contributed by atoms with E-state index < -0.39 is 15.9 Å². The van der Waals surface area contributed by atoms with E-state index in [-0.39, 0.29) is 4.90 Å². The van der Waals surface area contributed by atoms with Gasteiger partial charge in [0.25, 0.3) is 0 Å². The van der Waals surface area contributed by atoms with Gasteiger partial charge in [-0.2, -0.15) is 0 Å². The zero-order valence-electron chi connectivity index (χ0n) is 18.4. The molecular formula is C23H30N4O3S. The van der Waals surface area contributed by atoms with Crippen LogP contribution >= 0.6 is 0 Å². The van der Waals surface area contributed by atoms with Crippen molar-refractivity contribution in [3.05, 3.63) is 52.1 Å². The van der Waals surface area contributed by atoms with Gasteiger partial charge < -0.3 is 15.0 Å². The molecule has 1 atom stereocenters. The molecule has 2 aliphatic rings. The number of hydrogen-bond acceptors (Lipinski definition) is 4. The third kappa shape index (κ3) is 4.46. The quantitative estimate of drug-likeness (QED) is 0.738. The van der Waals surface area contributed by atoms with Crippen LogP contribution in [-0.2, 0) is 42.1 Å². The molecule has 0 radical (unpaired) electrons. The molecule has 3 N–H and O–H groups in total. The summed E-state index contributed by atoms with van der Waals surface area (Å²) in [6, 6.07) is 6.86. The first-order chi connectivity index (χ1) is 14.8. The Kier molecular flexibility index (Phi) is 6.05. The van der Waals surface area contributed by atoms with Crippen molar-refractivity contribution in [3.8, 4) is 5.75 Å². The van der Waals surface area contributed by atoms with Crippen LogP contribution in [0.4, 0.5) is 10.5 Å². The smallest absolute Gasteiger partial charge is 0.354 e. The van der Waals surface area contributed by atoms with Gasteiger partial charge in [0.1, 0.15) is 20.6 Å². The van der Waals surface area contributed by atoms with Crippen molar-refractivity contribution >= 4 is 21.6 Å². The lowest BCUT2D eigenvalue weighted by Gasteiger charge is -2.16. The van der Waals surface area contributed by atoms with Crippen molar-refractivity contribution in [3.63, 3.8) is 0 Å². The van der Waals surface area contributed by atoms with E-state index in [0.717, 1.165) is 49.8 Å². The number of anilines is 1. The number of aryl methyl sites for hydroxylation is 2.